The van der Waals surface area contributed by atoms with Crippen LogP contribution in [0, 0.1) is 18.2 Å². The van der Waals surface area contributed by atoms with Gasteiger partial charge in [-0.3, -0.25) is 4.18 Å². The third kappa shape index (κ3) is 6.35. The summed E-state index contributed by atoms with van der Waals surface area (Å²) in [6.07, 6.45) is 2.51. The summed E-state index contributed by atoms with van der Waals surface area (Å²) in [6, 6.07) is 11.2. The number of ether oxygens (including phenoxy) is 2. The van der Waals surface area contributed by atoms with E-state index in [1.807, 2.05) is 6.92 Å². The molecule has 0 N–H and O–H groups in total. The van der Waals surface area contributed by atoms with Crippen LogP contribution in [0.2, 0.25) is 0 Å². The quantitative estimate of drug-likeness (QED) is 0.409. The van der Waals surface area contributed by atoms with Crippen molar-refractivity contribution in [3.05, 3.63) is 63.9 Å². The number of rotatable bonds is 9. The van der Waals surface area contributed by atoms with Crippen LogP contribution in [0.5, 0.6) is 0 Å². The van der Waals surface area contributed by atoms with Gasteiger partial charge in [-0.15, -0.1) is 0 Å². The Bertz CT molecular complexity index is 972. The van der Waals surface area contributed by atoms with E-state index in [9.17, 15) is 12.8 Å². The largest absolute Gasteiger partial charge is 0.381 e. The lowest BCUT2D eigenvalue weighted by molar-refractivity contribution is -0.0236. The fraction of sp³-hybridized carbons (Fsp3) is 0.478. The molecule has 31 heavy (non-hydrogen) atoms. The third-order valence-corrected chi connectivity index (χ3v) is 7.88. The highest BCUT2D eigenvalue weighted by molar-refractivity contribution is 9.10. The SMILES string of the molecule is COC(CCC1(COS(=O)(=O)c2ccc(C)cc2)CCOCC1)c1ccc(F)cc1Br. The molecule has 0 aliphatic carbocycles. The second kappa shape index (κ2) is 10.5. The lowest BCUT2D eigenvalue weighted by atomic mass is 9.76. The van der Waals surface area contributed by atoms with Crippen LogP contribution in [-0.4, -0.2) is 35.3 Å². The molecule has 170 valence electrons. The number of halogens is 2. The number of benzene rings is 2. The standard InChI is InChI=1S/C23H28BrFO5S/c1-17-3-6-19(7-4-17)31(26,27)30-16-23(11-13-29-14-12-23)10-9-22(28-2)20-8-5-18(25)15-21(20)24/h3-8,15,22H,9-14,16H2,1-2H3. The molecule has 2 aromatic carbocycles. The van der Waals surface area contributed by atoms with E-state index in [4.69, 9.17) is 13.7 Å². The van der Waals surface area contributed by atoms with Crippen molar-refractivity contribution in [1.29, 1.82) is 0 Å². The molecule has 1 heterocycles. The van der Waals surface area contributed by atoms with Gasteiger partial charge >= 0.3 is 0 Å². The van der Waals surface area contributed by atoms with Crippen molar-refractivity contribution >= 4 is 26.0 Å². The van der Waals surface area contributed by atoms with E-state index in [2.05, 4.69) is 15.9 Å². The summed E-state index contributed by atoms with van der Waals surface area (Å²) in [6.45, 7) is 3.12. The van der Waals surface area contributed by atoms with Crippen molar-refractivity contribution in [2.45, 2.75) is 43.6 Å². The summed E-state index contributed by atoms with van der Waals surface area (Å²) in [5.74, 6) is -0.318. The van der Waals surface area contributed by atoms with E-state index in [0.29, 0.717) is 43.4 Å². The van der Waals surface area contributed by atoms with Crippen LogP contribution in [-0.2, 0) is 23.8 Å². The molecule has 5 nitrogen and oxygen atoms in total. The molecular weight excluding hydrogens is 487 g/mol. The van der Waals surface area contributed by atoms with Crippen molar-refractivity contribution < 1.29 is 26.5 Å². The summed E-state index contributed by atoms with van der Waals surface area (Å²) in [7, 11) is -2.22. The highest BCUT2D eigenvalue weighted by Gasteiger charge is 2.36. The summed E-state index contributed by atoms with van der Waals surface area (Å²) in [5, 5.41) is 0. The Morgan fingerprint density at radius 3 is 2.45 bits per heavy atom. The molecule has 1 fully saturated rings. The minimum absolute atomic E-state index is 0.0909. The highest BCUT2D eigenvalue weighted by Crippen LogP contribution is 2.40. The summed E-state index contributed by atoms with van der Waals surface area (Å²) < 4.78 is 56.2. The van der Waals surface area contributed by atoms with E-state index in [-0.39, 0.29) is 28.8 Å². The van der Waals surface area contributed by atoms with E-state index < -0.39 is 10.1 Å². The first-order valence-electron chi connectivity index (χ1n) is 10.3. The zero-order chi connectivity index (χ0) is 22.5. The van der Waals surface area contributed by atoms with E-state index in [1.165, 1.54) is 12.1 Å². The van der Waals surface area contributed by atoms with Gasteiger partial charge in [0, 0.05) is 24.8 Å². The zero-order valence-corrected chi connectivity index (χ0v) is 20.2. The molecule has 1 aliphatic heterocycles. The van der Waals surface area contributed by atoms with Crippen LogP contribution in [0.4, 0.5) is 4.39 Å². The Balaban J connectivity index is 1.72. The fourth-order valence-electron chi connectivity index (χ4n) is 3.85. The van der Waals surface area contributed by atoms with Gasteiger partial charge in [0.25, 0.3) is 10.1 Å². The van der Waals surface area contributed by atoms with Gasteiger partial charge in [0.15, 0.2) is 0 Å². The maximum atomic E-state index is 13.5. The van der Waals surface area contributed by atoms with E-state index in [0.717, 1.165) is 11.1 Å². The minimum atomic E-state index is -3.84. The maximum Gasteiger partial charge on any atom is 0.296 e. The first-order valence-corrected chi connectivity index (χ1v) is 12.5. The average Bonchev–Trinajstić information content (AvgIpc) is 2.75. The summed E-state index contributed by atoms with van der Waals surface area (Å²) >= 11 is 3.41. The number of hydrogen-bond acceptors (Lipinski definition) is 5. The van der Waals surface area contributed by atoms with Crippen LogP contribution < -0.4 is 0 Å². The van der Waals surface area contributed by atoms with Crippen molar-refractivity contribution in [3.8, 4) is 0 Å². The summed E-state index contributed by atoms with van der Waals surface area (Å²) in [5.41, 5.74) is 1.51. The van der Waals surface area contributed by atoms with Gasteiger partial charge in [-0.1, -0.05) is 39.7 Å². The second-order valence-electron chi connectivity index (χ2n) is 8.07. The molecule has 0 amide bonds. The van der Waals surface area contributed by atoms with Gasteiger partial charge in [0.1, 0.15) is 5.82 Å². The number of methoxy groups -OCH3 is 1. The van der Waals surface area contributed by atoms with Crippen LogP contribution in [0.3, 0.4) is 0 Å². The van der Waals surface area contributed by atoms with Gasteiger partial charge in [-0.25, -0.2) is 4.39 Å². The van der Waals surface area contributed by atoms with E-state index in [1.54, 1.807) is 37.4 Å². The molecule has 8 heteroatoms. The molecule has 3 rings (SSSR count). The van der Waals surface area contributed by atoms with Crippen molar-refractivity contribution in [3.63, 3.8) is 0 Å². The van der Waals surface area contributed by atoms with Crippen molar-refractivity contribution in [1.82, 2.24) is 0 Å². The molecule has 0 spiro atoms. The van der Waals surface area contributed by atoms with Gasteiger partial charge in [0.05, 0.1) is 17.6 Å². The Hall–Kier alpha value is -1.32. The Kier molecular flexibility index (Phi) is 8.26. The Morgan fingerprint density at radius 2 is 1.84 bits per heavy atom. The lowest BCUT2D eigenvalue weighted by Gasteiger charge is -2.37. The Labute approximate surface area is 192 Å². The van der Waals surface area contributed by atoms with Gasteiger partial charge in [0.2, 0.25) is 0 Å². The van der Waals surface area contributed by atoms with Crippen LogP contribution in [0.1, 0.15) is 42.9 Å². The molecule has 0 bridgehead atoms. The molecule has 1 saturated heterocycles. The number of hydrogen-bond donors (Lipinski definition) is 0. The lowest BCUT2D eigenvalue weighted by Crippen LogP contribution is -2.35. The first kappa shape index (κ1) is 24.3. The molecule has 0 aromatic heterocycles. The Morgan fingerprint density at radius 1 is 1.16 bits per heavy atom. The molecule has 1 unspecified atom stereocenters. The summed E-state index contributed by atoms with van der Waals surface area (Å²) in [4.78, 5) is 0.158. The predicted octanol–water partition coefficient (Wildman–Crippen LogP) is 5.57. The van der Waals surface area contributed by atoms with Crippen LogP contribution >= 0.6 is 15.9 Å². The first-order chi connectivity index (χ1) is 14.7. The normalized spacial score (nSPS) is 17.4. The van der Waals surface area contributed by atoms with Crippen molar-refractivity contribution in [2.75, 3.05) is 26.9 Å². The molecule has 0 saturated carbocycles. The molecule has 0 radical (unpaired) electrons. The third-order valence-electron chi connectivity index (χ3n) is 5.91. The van der Waals surface area contributed by atoms with Gasteiger partial charge < -0.3 is 9.47 Å². The second-order valence-corrected chi connectivity index (χ2v) is 10.5. The van der Waals surface area contributed by atoms with Crippen molar-refractivity contribution in [2.24, 2.45) is 5.41 Å². The topological polar surface area (TPSA) is 61.8 Å². The molecule has 1 aliphatic rings. The molecular formula is C23H28BrFO5S. The van der Waals surface area contributed by atoms with Crippen LogP contribution in [0.25, 0.3) is 0 Å². The maximum absolute atomic E-state index is 13.5. The van der Waals surface area contributed by atoms with Crippen LogP contribution in [0.15, 0.2) is 51.8 Å². The van der Waals surface area contributed by atoms with Gasteiger partial charge in [-0.05, 0) is 67.9 Å². The zero-order valence-electron chi connectivity index (χ0n) is 17.8. The molecule has 1 atom stereocenters. The smallest absolute Gasteiger partial charge is 0.296 e. The molecule has 2 aromatic rings. The monoisotopic (exact) mass is 514 g/mol. The minimum Gasteiger partial charge on any atom is -0.381 e. The predicted molar refractivity (Wildman–Crippen MR) is 120 cm³/mol. The average molecular weight is 515 g/mol. The fourth-order valence-corrected chi connectivity index (χ4v) is 5.46. The van der Waals surface area contributed by atoms with E-state index >= 15 is 0 Å². The number of aryl methyl sites for hydroxylation is 1. The highest BCUT2D eigenvalue weighted by atomic mass is 79.9. The van der Waals surface area contributed by atoms with Gasteiger partial charge in [-0.2, -0.15) is 8.42 Å².